The number of carbonyl (C=O) groups excluding carboxylic acids is 2. The first-order valence-corrected chi connectivity index (χ1v) is 8.48. The molecule has 1 N–H and O–H groups in total. The molecule has 4 rings (SSSR count). The van der Waals surface area contributed by atoms with Crippen LogP contribution in [0, 0.1) is 6.92 Å². The van der Waals surface area contributed by atoms with Crippen LogP contribution in [0.1, 0.15) is 22.5 Å². The maximum Gasteiger partial charge on any atom is 0.317 e. The molecule has 0 aliphatic carbocycles. The number of likely N-dealkylation sites (N-methyl/N-ethyl adjacent to an activating group) is 1. The normalized spacial score (nSPS) is 22.7. The smallest absolute Gasteiger partial charge is 0.317 e. The lowest BCUT2D eigenvalue weighted by molar-refractivity contribution is 0.0666. The van der Waals surface area contributed by atoms with Gasteiger partial charge in [-0.3, -0.25) is 4.79 Å². The first kappa shape index (κ1) is 15.7. The maximum absolute atomic E-state index is 12.8. The van der Waals surface area contributed by atoms with E-state index in [1.165, 1.54) is 0 Å². The lowest BCUT2D eigenvalue weighted by Gasteiger charge is -2.35. The van der Waals surface area contributed by atoms with Crippen molar-refractivity contribution < 1.29 is 9.59 Å². The average Bonchev–Trinajstić information content (AvgIpc) is 3.17. The van der Waals surface area contributed by atoms with E-state index in [0.29, 0.717) is 18.7 Å². The predicted molar refractivity (Wildman–Crippen MR) is 92.7 cm³/mol. The lowest BCUT2D eigenvalue weighted by Crippen LogP contribution is -2.52. The van der Waals surface area contributed by atoms with Crippen molar-refractivity contribution >= 4 is 11.9 Å². The summed E-state index contributed by atoms with van der Waals surface area (Å²) in [5, 5.41) is 7.23. The van der Waals surface area contributed by atoms with E-state index in [0.717, 1.165) is 17.8 Å². The van der Waals surface area contributed by atoms with Crippen LogP contribution in [0.2, 0.25) is 0 Å². The second kappa shape index (κ2) is 5.91. The number of hydrogen-bond acceptors (Lipinski definition) is 3. The van der Waals surface area contributed by atoms with Crippen LogP contribution in [-0.2, 0) is 0 Å². The van der Waals surface area contributed by atoms with Crippen LogP contribution in [0.4, 0.5) is 4.79 Å². The van der Waals surface area contributed by atoms with Gasteiger partial charge in [0, 0.05) is 37.6 Å². The van der Waals surface area contributed by atoms with Crippen molar-refractivity contribution in [3.63, 3.8) is 0 Å². The topological polar surface area (TPSA) is 70.5 Å². The monoisotopic (exact) mass is 339 g/mol. The van der Waals surface area contributed by atoms with Crippen molar-refractivity contribution in [1.29, 1.82) is 0 Å². The first-order valence-electron chi connectivity index (χ1n) is 8.48. The molecule has 25 heavy (non-hydrogen) atoms. The number of fused-ring (bicyclic) bond motifs is 1. The molecule has 1 aromatic carbocycles. The summed E-state index contributed by atoms with van der Waals surface area (Å²) in [5.41, 5.74) is 2.63. The SMILES string of the molecule is Cc1ccnn1-c1ccc(C(=O)N2CC[C@H]3[C@@H](C2)NC(=O)N3C)cc1. The highest BCUT2D eigenvalue weighted by atomic mass is 16.2. The number of aryl methyl sites for hydroxylation is 1. The number of urea groups is 1. The van der Waals surface area contributed by atoms with E-state index in [1.54, 1.807) is 11.1 Å². The minimum atomic E-state index is -0.0526. The molecule has 2 aliphatic rings. The molecule has 7 heteroatoms. The zero-order valence-electron chi connectivity index (χ0n) is 14.3. The molecule has 3 amide bonds. The number of amides is 3. The summed E-state index contributed by atoms with van der Waals surface area (Å²) in [5.74, 6) is 0.00555. The van der Waals surface area contributed by atoms with Gasteiger partial charge in [-0.2, -0.15) is 5.10 Å². The number of likely N-dealkylation sites (tertiary alicyclic amines) is 1. The molecule has 2 saturated heterocycles. The second-order valence-electron chi connectivity index (χ2n) is 6.71. The van der Waals surface area contributed by atoms with Gasteiger partial charge in [-0.25, -0.2) is 9.48 Å². The molecule has 2 aromatic rings. The molecular weight excluding hydrogens is 318 g/mol. The standard InChI is InChI=1S/C18H21N5O2/c1-12-7-9-19-23(12)14-5-3-13(4-6-14)17(24)22-10-8-16-15(11-22)20-18(25)21(16)2/h3-7,9,15-16H,8,10-11H2,1-2H3,(H,20,25)/t15-,16+/m1/s1. The number of benzene rings is 1. The average molecular weight is 339 g/mol. The van der Waals surface area contributed by atoms with Gasteiger partial charge in [-0.15, -0.1) is 0 Å². The fraction of sp³-hybridized carbons (Fsp3) is 0.389. The molecule has 0 bridgehead atoms. The van der Waals surface area contributed by atoms with Crippen molar-refractivity contribution in [3.05, 3.63) is 47.8 Å². The Bertz CT molecular complexity index is 813. The van der Waals surface area contributed by atoms with E-state index >= 15 is 0 Å². The molecule has 2 atom stereocenters. The van der Waals surface area contributed by atoms with Crippen LogP contribution < -0.4 is 5.32 Å². The van der Waals surface area contributed by atoms with Crippen LogP contribution in [0.3, 0.4) is 0 Å². The summed E-state index contributed by atoms with van der Waals surface area (Å²) in [6.07, 6.45) is 2.56. The zero-order valence-corrected chi connectivity index (χ0v) is 14.3. The Morgan fingerprint density at radius 2 is 2.00 bits per heavy atom. The van der Waals surface area contributed by atoms with Crippen molar-refractivity contribution in [3.8, 4) is 5.69 Å². The maximum atomic E-state index is 12.8. The van der Waals surface area contributed by atoms with Crippen LogP contribution in [0.5, 0.6) is 0 Å². The molecule has 3 heterocycles. The molecule has 2 fully saturated rings. The Labute approximate surface area is 146 Å². The van der Waals surface area contributed by atoms with Gasteiger partial charge in [0.1, 0.15) is 0 Å². The number of carbonyl (C=O) groups is 2. The van der Waals surface area contributed by atoms with E-state index in [2.05, 4.69) is 10.4 Å². The largest absolute Gasteiger partial charge is 0.336 e. The minimum Gasteiger partial charge on any atom is -0.336 e. The summed E-state index contributed by atoms with van der Waals surface area (Å²) in [7, 11) is 1.81. The van der Waals surface area contributed by atoms with Crippen molar-refractivity contribution in [2.75, 3.05) is 20.1 Å². The fourth-order valence-corrected chi connectivity index (χ4v) is 3.71. The minimum absolute atomic E-state index is 0.00555. The van der Waals surface area contributed by atoms with Crippen LogP contribution >= 0.6 is 0 Å². The third kappa shape index (κ3) is 2.65. The van der Waals surface area contributed by atoms with Gasteiger partial charge in [-0.05, 0) is 43.7 Å². The number of rotatable bonds is 2. The van der Waals surface area contributed by atoms with E-state index in [1.807, 2.05) is 53.9 Å². The van der Waals surface area contributed by atoms with Crippen molar-refractivity contribution in [2.45, 2.75) is 25.4 Å². The predicted octanol–water partition coefficient (Wildman–Crippen LogP) is 1.42. The van der Waals surface area contributed by atoms with E-state index in [9.17, 15) is 9.59 Å². The molecule has 0 spiro atoms. The lowest BCUT2D eigenvalue weighted by atomic mass is 9.99. The molecule has 0 saturated carbocycles. The Kier molecular flexibility index (Phi) is 3.71. The molecule has 130 valence electrons. The van der Waals surface area contributed by atoms with Crippen LogP contribution in [-0.4, -0.2) is 63.7 Å². The van der Waals surface area contributed by atoms with Crippen LogP contribution in [0.15, 0.2) is 36.5 Å². The quantitative estimate of drug-likeness (QED) is 0.899. The van der Waals surface area contributed by atoms with Crippen molar-refractivity contribution in [2.24, 2.45) is 0 Å². The number of nitrogens with zero attached hydrogens (tertiary/aromatic N) is 4. The van der Waals surface area contributed by atoms with E-state index < -0.39 is 0 Å². The fourth-order valence-electron chi connectivity index (χ4n) is 3.71. The van der Waals surface area contributed by atoms with Gasteiger partial charge in [0.25, 0.3) is 5.91 Å². The number of hydrogen-bond donors (Lipinski definition) is 1. The molecule has 0 unspecified atom stereocenters. The van der Waals surface area contributed by atoms with Gasteiger partial charge in [0.05, 0.1) is 17.8 Å². The Morgan fingerprint density at radius 3 is 2.68 bits per heavy atom. The van der Waals surface area contributed by atoms with Gasteiger partial charge >= 0.3 is 6.03 Å². The number of nitrogens with one attached hydrogen (secondary N) is 1. The summed E-state index contributed by atoms with van der Waals surface area (Å²) < 4.78 is 1.84. The van der Waals surface area contributed by atoms with Gasteiger partial charge < -0.3 is 15.1 Å². The second-order valence-corrected chi connectivity index (χ2v) is 6.71. The summed E-state index contributed by atoms with van der Waals surface area (Å²) >= 11 is 0. The molecule has 0 radical (unpaired) electrons. The van der Waals surface area contributed by atoms with Gasteiger partial charge in [0.2, 0.25) is 0 Å². The summed E-state index contributed by atoms with van der Waals surface area (Å²) in [4.78, 5) is 28.1. The Hall–Kier alpha value is -2.83. The third-order valence-corrected chi connectivity index (χ3v) is 5.18. The Morgan fingerprint density at radius 1 is 1.24 bits per heavy atom. The number of piperidine rings is 1. The zero-order chi connectivity index (χ0) is 17.6. The van der Waals surface area contributed by atoms with Gasteiger partial charge in [-0.1, -0.05) is 0 Å². The van der Waals surface area contributed by atoms with Gasteiger partial charge in [0.15, 0.2) is 0 Å². The summed E-state index contributed by atoms with van der Waals surface area (Å²) in [6.45, 7) is 3.21. The highest BCUT2D eigenvalue weighted by molar-refractivity contribution is 5.94. The molecular formula is C18H21N5O2. The van der Waals surface area contributed by atoms with Crippen LogP contribution in [0.25, 0.3) is 5.69 Å². The summed E-state index contributed by atoms with van der Waals surface area (Å²) in [6, 6.07) is 9.58. The first-order chi connectivity index (χ1) is 12.0. The molecule has 2 aliphatic heterocycles. The third-order valence-electron chi connectivity index (χ3n) is 5.18. The van der Waals surface area contributed by atoms with E-state index in [4.69, 9.17) is 0 Å². The number of aromatic nitrogens is 2. The molecule has 7 nitrogen and oxygen atoms in total. The molecule has 1 aromatic heterocycles. The highest BCUT2D eigenvalue weighted by Gasteiger charge is 2.41. The highest BCUT2D eigenvalue weighted by Crippen LogP contribution is 2.23. The Balaban J connectivity index is 1.48. The van der Waals surface area contributed by atoms with Crippen molar-refractivity contribution in [1.82, 2.24) is 24.9 Å². The van der Waals surface area contributed by atoms with E-state index in [-0.39, 0.29) is 24.0 Å².